The van der Waals surface area contributed by atoms with Gasteiger partial charge in [-0.25, -0.2) is 9.78 Å². The number of nitrogens with zero attached hydrogens (tertiary/aromatic N) is 2. The lowest BCUT2D eigenvalue weighted by molar-refractivity contribution is -0.159. The van der Waals surface area contributed by atoms with Crippen LogP contribution in [0.5, 0.6) is 0 Å². The van der Waals surface area contributed by atoms with Gasteiger partial charge in [0.15, 0.2) is 5.92 Å². The molecule has 0 aromatic carbocycles. The summed E-state index contributed by atoms with van der Waals surface area (Å²) >= 11 is 0. The summed E-state index contributed by atoms with van der Waals surface area (Å²) in [4.78, 5) is 40.4. The molecule has 7 heteroatoms. The van der Waals surface area contributed by atoms with Crippen molar-refractivity contribution in [3.05, 3.63) is 18.2 Å². The Bertz CT molecular complexity index is 590. The molecule has 2 rings (SSSR count). The van der Waals surface area contributed by atoms with Crippen LogP contribution in [0.1, 0.15) is 63.6 Å². The van der Waals surface area contributed by atoms with Crippen molar-refractivity contribution in [1.29, 1.82) is 0 Å². The van der Waals surface area contributed by atoms with Crippen LogP contribution in [0, 0.1) is 0 Å². The largest absolute Gasteiger partial charge is 0.465 e. The third-order valence-electron chi connectivity index (χ3n) is 4.17. The molecule has 1 atom stereocenters. The second-order valence-electron chi connectivity index (χ2n) is 5.81. The number of carbonyl (C=O) groups is 3. The molecule has 7 nitrogen and oxygen atoms in total. The minimum atomic E-state index is -1.37. The highest BCUT2D eigenvalue weighted by Crippen LogP contribution is 2.29. The van der Waals surface area contributed by atoms with Gasteiger partial charge in [-0.3, -0.25) is 9.59 Å². The number of hydrogen-bond donors (Lipinski definition) is 0. The number of hydrogen-bond acceptors (Lipinski definition) is 6. The Balaban J connectivity index is 2.23. The molecule has 132 valence electrons. The van der Waals surface area contributed by atoms with E-state index in [9.17, 15) is 14.4 Å². The Morgan fingerprint density at radius 2 is 1.83 bits per heavy atom. The normalized spacial score (nSPS) is 16.4. The van der Waals surface area contributed by atoms with Crippen LogP contribution in [0.15, 0.2) is 12.5 Å². The molecule has 0 aliphatic heterocycles. The van der Waals surface area contributed by atoms with Gasteiger partial charge in [0.1, 0.15) is 0 Å². The van der Waals surface area contributed by atoms with Crippen molar-refractivity contribution < 1.29 is 23.9 Å². The Morgan fingerprint density at radius 3 is 2.46 bits per heavy atom. The van der Waals surface area contributed by atoms with E-state index < -0.39 is 23.6 Å². The van der Waals surface area contributed by atoms with Crippen molar-refractivity contribution in [3.8, 4) is 0 Å². The lowest BCUT2D eigenvalue weighted by atomic mass is 9.95. The van der Waals surface area contributed by atoms with Crippen LogP contribution in [0.2, 0.25) is 0 Å². The van der Waals surface area contributed by atoms with Gasteiger partial charge in [-0.15, -0.1) is 0 Å². The van der Waals surface area contributed by atoms with E-state index in [1.54, 1.807) is 26.4 Å². The number of imidazole rings is 1. The van der Waals surface area contributed by atoms with E-state index in [1.807, 2.05) is 4.57 Å². The van der Waals surface area contributed by atoms with Crippen molar-refractivity contribution in [2.75, 3.05) is 13.2 Å². The van der Waals surface area contributed by atoms with E-state index in [2.05, 4.69) is 4.98 Å². The maximum Gasteiger partial charge on any atom is 0.375 e. The average Bonchev–Trinajstić information content (AvgIpc) is 3.06. The topological polar surface area (TPSA) is 87.5 Å². The number of esters is 2. The lowest BCUT2D eigenvalue weighted by Gasteiger charge is -2.22. The Kier molecular flexibility index (Phi) is 6.52. The monoisotopic (exact) mass is 336 g/mol. The fraction of sp³-hybridized carbons (Fsp3) is 0.647. The van der Waals surface area contributed by atoms with Gasteiger partial charge in [0, 0.05) is 12.2 Å². The van der Waals surface area contributed by atoms with Crippen LogP contribution in [0.25, 0.3) is 0 Å². The molecule has 1 unspecified atom stereocenters. The summed E-state index contributed by atoms with van der Waals surface area (Å²) in [5.74, 6) is -4.12. The minimum Gasteiger partial charge on any atom is -0.465 e. The summed E-state index contributed by atoms with van der Waals surface area (Å²) in [5.41, 5.74) is 0.233. The average molecular weight is 336 g/mol. The first-order valence-electron chi connectivity index (χ1n) is 8.49. The molecule has 1 heterocycles. The summed E-state index contributed by atoms with van der Waals surface area (Å²) < 4.78 is 11.6. The second-order valence-corrected chi connectivity index (χ2v) is 5.81. The Morgan fingerprint density at radius 1 is 1.17 bits per heavy atom. The van der Waals surface area contributed by atoms with Gasteiger partial charge in [0.05, 0.1) is 25.2 Å². The third-order valence-corrected chi connectivity index (χ3v) is 4.17. The van der Waals surface area contributed by atoms with Gasteiger partial charge in [-0.05, 0) is 26.7 Å². The van der Waals surface area contributed by atoms with Crippen LogP contribution < -0.4 is 0 Å². The van der Waals surface area contributed by atoms with Crippen LogP contribution in [-0.4, -0.2) is 40.5 Å². The smallest absolute Gasteiger partial charge is 0.375 e. The molecule has 1 aliphatic carbocycles. The molecule has 0 radical (unpaired) electrons. The Hall–Kier alpha value is -2.18. The summed E-state index contributed by atoms with van der Waals surface area (Å²) in [6.07, 6.45) is 8.93. The molecule has 1 aromatic heterocycles. The van der Waals surface area contributed by atoms with E-state index in [4.69, 9.17) is 9.47 Å². The van der Waals surface area contributed by atoms with Crippen molar-refractivity contribution in [2.24, 2.45) is 0 Å². The molecule has 0 N–H and O–H groups in total. The van der Waals surface area contributed by atoms with Crippen molar-refractivity contribution >= 4 is 17.7 Å². The quantitative estimate of drug-likeness (QED) is 0.431. The van der Waals surface area contributed by atoms with Crippen LogP contribution in [0.3, 0.4) is 0 Å². The zero-order chi connectivity index (χ0) is 17.5. The summed E-state index contributed by atoms with van der Waals surface area (Å²) in [5, 5.41) is 0. The zero-order valence-corrected chi connectivity index (χ0v) is 14.2. The predicted octanol–water partition coefficient (Wildman–Crippen LogP) is 2.17. The van der Waals surface area contributed by atoms with E-state index in [0.717, 1.165) is 25.7 Å². The first kappa shape index (κ1) is 18.2. The van der Waals surface area contributed by atoms with Crippen molar-refractivity contribution in [1.82, 2.24) is 9.55 Å². The molecule has 0 spiro atoms. The summed E-state index contributed by atoms with van der Waals surface area (Å²) in [6, 6.07) is 0.320. The maximum atomic E-state index is 12.3. The van der Waals surface area contributed by atoms with E-state index >= 15 is 0 Å². The number of carbonyl (C=O) groups excluding carboxylic acids is 3. The minimum absolute atomic E-state index is 0.0661. The van der Waals surface area contributed by atoms with Crippen LogP contribution >= 0.6 is 0 Å². The fourth-order valence-corrected chi connectivity index (χ4v) is 2.99. The maximum absolute atomic E-state index is 12.3. The van der Waals surface area contributed by atoms with E-state index in [-0.39, 0.29) is 18.9 Å². The summed E-state index contributed by atoms with van der Waals surface area (Å²) in [6.45, 7) is 3.43. The number of Topliss-reactive ketones (excluding diaryl/α,β-unsaturated/α-hetero) is 1. The van der Waals surface area contributed by atoms with Crippen LogP contribution in [0.4, 0.5) is 0 Å². The fourth-order valence-electron chi connectivity index (χ4n) is 2.99. The second kappa shape index (κ2) is 8.61. The molecule has 1 saturated carbocycles. The number of ether oxygens (including phenoxy) is 2. The molecule has 0 bridgehead atoms. The highest BCUT2D eigenvalue weighted by Gasteiger charge is 2.37. The first-order valence-corrected chi connectivity index (χ1v) is 8.49. The molecular formula is C17H24N2O5. The first-order chi connectivity index (χ1) is 11.6. The van der Waals surface area contributed by atoms with E-state index in [0.29, 0.717) is 6.04 Å². The van der Waals surface area contributed by atoms with E-state index in [1.165, 1.54) is 6.42 Å². The Labute approximate surface area is 141 Å². The van der Waals surface area contributed by atoms with Gasteiger partial charge >= 0.3 is 11.9 Å². The highest BCUT2D eigenvalue weighted by atomic mass is 16.5. The molecule has 0 amide bonds. The third kappa shape index (κ3) is 4.21. The summed E-state index contributed by atoms with van der Waals surface area (Å²) in [7, 11) is 0. The lowest BCUT2D eigenvalue weighted by Crippen LogP contribution is -2.31. The predicted molar refractivity (Wildman–Crippen MR) is 85.4 cm³/mol. The highest BCUT2D eigenvalue weighted by molar-refractivity contribution is 6.39. The van der Waals surface area contributed by atoms with Gasteiger partial charge in [-0.2, -0.15) is 0 Å². The van der Waals surface area contributed by atoms with Crippen LogP contribution in [-0.2, 0) is 23.9 Å². The number of ketones is 1. The standard InChI is InChI=1S/C17H24N2O5/c1-3-23-16(21)14(15(20)17(22)24-4-2)13-10-19(11-18-13)12-8-6-5-7-9-12/h10-12,14H,3-9H2,1-2H3. The number of rotatable bonds is 7. The van der Waals surface area contributed by atoms with Gasteiger partial charge in [-0.1, -0.05) is 19.3 Å². The zero-order valence-electron chi connectivity index (χ0n) is 14.2. The molecule has 1 aromatic rings. The molecule has 1 aliphatic rings. The van der Waals surface area contributed by atoms with Gasteiger partial charge in [0.25, 0.3) is 5.78 Å². The molecular weight excluding hydrogens is 312 g/mol. The molecule has 0 saturated heterocycles. The van der Waals surface area contributed by atoms with Crippen molar-refractivity contribution in [2.45, 2.75) is 57.9 Å². The van der Waals surface area contributed by atoms with Crippen molar-refractivity contribution in [3.63, 3.8) is 0 Å². The molecule has 24 heavy (non-hydrogen) atoms. The number of aromatic nitrogens is 2. The van der Waals surface area contributed by atoms with Gasteiger partial charge in [0.2, 0.25) is 0 Å². The van der Waals surface area contributed by atoms with Gasteiger partial charge < -0.3 is 14.0 Å². The SMILES string of the molecule is CCOC(=O)C(=O)C(C(=O)OCC)c1cn(C2CCCCC2)cn1. The molecule has 1 fully saturated rings.